The summed E-state index contributed by atoms with van der Waals surface area (Å²) < 4.78 is 27.2. The molecule has 2 atom stereocenters. The lowest BCUT2D eigenvalue weighted by Gasteiger charge is -2.41. The Morgan fingerprint density at radius 3 is 2.23 bits per heavy atom. The molecule has 0 aliphatic rings. The summed E-state index contributed by atoms with van der Waals surface area (Å²) in [6.45, 7) is 13.9. The van der Waals surface area contributed by atoms with Gasteiger partial charge in [-0.1, -0.05) is 63.2 Å². The number of benzene rings is 3. The molecule has 0 unspecified atom stereocenters. The number of rotatable bonds is 13. The molecule has 8 nitrogen and oxygen atoms in total. The van der Waals surface area contributed by atoms with Gasteiger partial charge in [-0.25, -0.2) is 4.79 Å². The molecule has 0 radical (unpaired) electrons. The van der Waals surface area contributed by atoms with Gasteiger partial charge >= 0.3 is 5.97 Å². The van der Waals surface area contributed by atoms with Gasteiger partial charge in [0.15, 0.2) is 8.32 Å². The number of nitrogens with zero attached hydrogens (tertiary/aromatic N) is 2. The molecule has 0 bridgehead atoms. The Bertz CT molecular complexity index is 1520. The lowest BCUT2D eigenvalue weighted by molar-refractivity contribution is -0.0421. The van der Waals surface area contributed by atoms with E-state index in [1.165, 1.54) is 5.56 Å². The quantitative estimate of drug-likeness (QED) is 0.159. The number of fused-ring (bicyclic) bond motifs is 1. The largest absolute Gasteiger partial charge is 0.496 e. The van der Waals surface area contributed by atoms with Crippen molar-refractivity contribution in [3.63, 3.8) is 0 Å². The van der Waals surface area contributed by atoms with Crippen LogP contribution in [-0.4, -0.2) is 56.1 Å². The van der Waals surface area contributed by atoms with E-state index >= 15 is 0 Å². The van der Waals surface area contributed by atoms with E-state index in [2.05, 4.69) is 46.0 Å². The predicted molar refractivity (Wildman–Crippen MR) is 172 cm³/mol. The fourth-order valence-corrected chi connectivity index (χ4v) is 6.15. The summed E-state index contributed by atoms with van der Waals surface area (Å²) in [4.78, 5) is 11.9. The van der Waals surface area contributed by atoms with E-state index in [0.29, 0.717) is 30.2 Å². The Morgan fingerprint density at radius 1 is 1.00 bits per heavy atom. The Morgan fingerprint density at radius 2 is 1.65 bits per heavy atom. The number of ether oxygens (including phenoxy) is 3. The molecular formula is C34H44N2O6Si. The van der Waals surface area contributed by atoms with Gasteiger partial charge in [0.2, 0.25) is 0 Å². The maximum atomic E-state index is 11.9. The van der Waals surface area contributed by atoms with Gasteiger partial charge in [-0.3, -0.25) is 4.68 Å². The van der Waals surface area contributed by atoms with Crippen molar-refractivity contribution >= 4 is 25.2 Å². The fourth-order valence-electron chi connectivity index (χ4n) is 4.88. The minimum Gasteiger partial charge on any atom is -0.496 e. The Balaban J connectivity index is 1.81. The predicted octanol–water partition coefficient (Wildman–Crippen LogP) is 7.45. The molecule has 230 valence electrons. The maximum absolute atomic E-state index is 11.9. The smallest absolute Gasteiger partial charge is 0.337 e. The van der Waals surface area contributed by atoms with Crippen molar-refractivity contribution in [2.24, 2.45) is 0 Å². The third kappa shape index (κ3) is 7.47. The minimum absolute atomic E-state index is 0.0600. The van der Waals surface area contributed by atoms with Crippen LogP contribution in [-0.2, 0) is 22.1 Å². The maximum Gasteiger partial charge on any atom is 0.337 e. The first-order chi connectivity index (χ1) is 20.3. The average Bonchev–Trinajstić information content (AvgIpc) is 3.38. The molecule has 0 amide bonds. The van der Waals surface area contributed by atoms with Crippen molar-refractivity contribution in [1.82, 2.24) is 9.78 Å². The van der Waals surface area contributed by atoms with Gasteiger partial charge in [-0.15, -0.1) is 0 Å². The molecule has 0 fully saturated rings. The lowest BCUT2D eigenvalue weighted by atomic mass is 10.0. The van der Waals surface area contributed by atoms with E-state index in [4.69, 9.17) is 23.7 Å². The van der Waals surface area contributed by atoms with Crippen molar-refractivity contribution in [2.45, 2.75) is 71.0 Å². The van der Waals surface area contributed by atoms with Crippen LogP contribution in [0.3, 0.4) is 0 Å². The standard InChI is InChI=1S/C34H44N2O6Si/c1-23-28(39-5)19-26(20-29(23)40-6)32(42-43(7,8)34(2,3)4)30(41-18-17-24-13-10-9-11-14-24)22-36-21-25-15-12-16-27(33(37)38)31(25)35-36/h9-16,19-21,30,32H,17-18,22H2,1-8H3,(H,37,38)/t30-,32+/m0/s1. The molecule has 43 heavy (non-hydrogen) atoms. The molecule has 9 heteroatoms. The second kappa shape index (κ2) is 13.3. The topological polar surface area (TPSA) is 92.0 Å². The number of aromatic carboxylic acids is 1. The summed E-state index contributed by atoms with van der Waals surface area (Å²) in [5.41, 5.74) is 3.58. The molecule has 0 aliphatic carbocycles. The second-order valence-corrected chi connectivity index (χ2v) is 17.2. The first kappa shape index (κ1) is 32.3. The van der Waals surface area contributed by atoms with E-state index < -0.39 is 26.5 Å². The number of hydrogen-bond acceptors (Lipinski definition) is 6. The minimum atomic E-state index is -2.33. The number of hydrogen-bond donors (Lipinski definition) is 1. The zero-order valence-corrected chi connectivity index (χ0v) is 27.5. The van der Waals surface area contributed by atoms with Gasteiger partial charge in [0.1, 0.15) is 23.1 Å². The van der Waals surface area contributed by atoms with Gasteiger partial charge < -0.3 is 23.7 Å². The molecular weight excluding hydrogens is 560 g/mol. The normalized spacial score (nSPS) is 13.6. The van der Waals surface area contributed by atoms with Gasteiger partial charge in [0.25, 0.3) is 0 Å². The molecule has 0 aliphatic heterocycles. The summed E-state index contributed by atoms with van der Waals surface area (Å²) in [5, 5.41) is 15.1. The average molecular weight is 605 g/mol. The van der Waals surface area contributed by atoms with E-state index in [0.717, 1.165) is 22.9 Å². The highest BCUT2D eigenvalue weighted by molar-refractivity contribution is 6.74. The Hall–Kier alpha value is -3.66. The summed E-state index contributed by atoms with van der Waals surface area (Å²) in [6.07, 6.45) is 1.66. The van der Waals surface area contributed by atoms with Crippen LogP contribution in [0, 0.1) is 6.92 Å². The monoisotopic (exact) mass is 604 g/mol. The third-order valence-corrected chi connectivity index (χ3v) is 12.9. The molecule has 4 aromatic rings. The molecule has 1 N–H and O–H groups in total. The molecule has 0 saturated carbocycles. The highest BCUT2D eigenvalue weighted by atomic mass is 28.4. The molecule has 1 heterocycles. The van der Waals surface area contributed by atoms with Gasteiger partial charge in [0.05, 0.1) is 39.0 Å². The number of aromatic nitrogens is 2. The van der Waals surface area contributed by atoms with Crippen LogP contribution in [0.5, 0.6) is 11.5 Å². The summed E-state index contributed by atoms with van der Waals surface area (Å²) in [7, 11) is 0.975. The van der Waals surface area contributed by atoms with Crippen molar-refractivity contribution in [1.29, 1.82) is 0 Å². The fraction of sp³-hybridized carbons (Fsp3) is 0.412. The van der Waals surface area contributed by atoms with Crippen molar-refractivity contribution in [3.8, 4) is 11.5 Å². The van der Waals surface area contributed by atoms with Crippen LogP contribution in [0.4, 0.5) is 0 Å². The third-order valence-electron chi connectivity index (χ3n) is 8.42. The van der Waals surface area contributed by atoms with Gasteiger partial charge in [-0.05, 0) is 60.8 Å². The number of carboxylic acid groups (broad SMARTS) is 1. The summed E-state index contributed by atoms with van der Waals surface area (Å²) in [6, 6.07) is 19.4. The first-order valence-electron chi connectivity index (χ1n) is 14.6. The molecule has 0 saturated heterocycles. The summed E-state index contributed by atoms with van der Waals surface area (Å²) >= 11 is 0. The number of carboxylic acids is 1. The lowest BCUT2D eigenvalue weighted by Crippen LogP contribution is -2.45. The Kier molecular flexibility index (Phi) is 9.99. The number of methoxy groups -OCH3 is 2. The molecule has 1 aromatic heterocycles. The van der Waals surface area contributed by atoms with Crippen molar-refractivity contribution in [2.75, 3.05) is 20.8 Å². The van der Waals surface area contributed by atoms with Crippen LogP contribution >= 0.6 is 0 Å². The highest BCUT2D eigenvalue weighted by Gasteiger charge is 2.42. The van der Waals surface area contributed by atoms with Gasteiger partial charge in [0, 0.05) is 17.1 Å². The second-order valence-electron chi connectivity index (χ2n) is 12.4. The zero-order valence-electron chi connectivity index (χ0n) is 26.5. The van der Waals surface area contributed by atoms with Crippen LogP contribution in [0.1, 0.15) is 53.9 Å². The van der Waals surface area contributed by atoms with Crippen molar-refractivity contribution < 1.29 is 28.5 Å². The van der Waals surface area contributed by atoms with Crippen molar-refractivity contribution in [3.05, 3.63) is 89.1 Å². The first-order valence-corrected chi connectivity index (χ1v) is 17.5. The van der Waals surface area contributed by atoms with E-state index in [9.17, 15) is 9.90 Å². The highest BCUT2D eigenvalue weighted by Crippen LogP contribution is 2.43. The van der Waals surface area contributed by atoms with E-state index in [-0.39, 0.29) is 10.6 Å². The SMILES string of the molecule is COc1cc([C@@H](O[Si](C)(C)C(C)(C)C)[C@H](Cn2cc3cccc(C(=O)O)c3n2)OCCc2ccccc2)cc(OC)c1C. The van der Waals surface area contributed by atoms with E-state index in [1.54, 1.807) is 31.0 Å². The van der Waals surface area contributed by atoms with Crippen LogP contribution in [0.2, 0.25) is 18.1 Å². The van der Waals surface area contributed by atoms with Crippen LogP contribution < -0.4 is 9.47 Å². The number of carbonyl (C=O) groups is 1. The summed E-state index contributed by atoms with van der Waals surface area (Å²) in [5.74, 6) is 0.402. The molecule has 4 rings (SSSR count). The molecule has 3 aromatic carbocycles. The molecule has 0 spiro atoms. The zero-order chi connectivity index (χ0) is 31.4. The van der Waals surface area contributed by atoms with Gasteiger partial charge in [-0.2, -0.15) is 5.10 Å². The Labute approximate surface area is 255 Å². The van der Waals surface area contributed by atoms with E-state index in [1.807, 2.05) is 49.5 Å². The van der Waals surface area contributed by atoms with Crippen LogP contribution in [0.25, 0.3) is 10.9 Å². The van der Waals surface area contributed by atoms with Crippen LogP contribution in [0.15, 0.2) is 66.9 Å².